The molecule has 9 heteroatoms. The van der Waals surface area contributed by atoms with Crippen LogP contribution in [-0.2, 0) is 11.3 Å². The van der Waals surface area contributed by atoms with Crippen LogP contribution in [0.1, 0.15) is 11.1 Å². The highest BCUT2D eigenvalue weighted by Gasteiger charge is 2.32. The predicted molar refractivity (Wildman–Crippen MR) is 122 cm³/mol. The van der Waals surface area contributed by atoms with Gasteiger partial charge in [-0.05, 0) is 35.9 Å². The third-order valence-electron chi connectivity index (χ3n) is 4.70. The molecule has 0 fully saturated rings. The number of para-hydroxylation sites is 2. The van der Waals surface area contributed by atoms with Crippen molar-refractivity contribution in [1.82, 2.24) is 14.8 Å². The fourth-order valence-electron chi connectivity index (χ4n) is 3.26. The summed E-state index contributed by atoms with van der Waals surface area (Å²) in [5.74, 6) is -1.12. The third kappa shape index (κ3) is 6.10. The van der Waals surface area contributed by atoms with Crippen LogP contribution in [0.4, 0.5) is 18.9 Å². The van der Waals surface area contributed by atoms with Crippen molar-refractivity contribution in [2.24, 2.45) is 0 Å². The van der Waals surface area contributed by atoms with Crippen LogP contribution in [0.25, 0.3) is 17.3 Å². The van der Waals surface area contributed by atoms with Gasteiger partial charge in [0.15, 0.2) is 5.75 Å². The molecule has 0 aliphatic heterocycles. The van der Waals surface area contributed by atoms with E-state index in [0.29, 0.717) is 17.8 Å². The quantitative estimate of drug-likeness (QED) is 0.365. The molecule has 2 aromatic carbocycles. The number of hydrogen-bond donors (Lipinski definition) is 1. The molecule has 0 unspecified atom stereocenters. The predicted octanol–water partition coefficient (Wildman–Crippen LogP) is 5.54. The largest absolute Gasteiger partial charge is 0.573 e. The highest BCUT2D eigenvalue weighted by atomic mass is 19.4. The normalized spacial score (nSPS) is 11.5. The monoisotopic (exact) mass is 464 g/mol. The topological polar surface area (TPSA) is 69.0 Å². The number of pyridine rings is 1. The maximum atomic E-state index is 12.6. The zero-order valence-electron chi connectivity index (χ0n) is 17.7. The van der Waals surface area contributed by atoms with E-state index in [1.807, 2.05) is 36.4 Å². The van der Waals surface area contributed by atoms with Crippen LogP contribution in [0.3, 0.4) is 0 Å². The Morgan fingerprint density at radius 3 is 2.53 bits per heavy atom. The molecule has 6 nitrogen and oxygen atoms in total. The number of aromatic nitrogens is 3. The Kier molecular flexibility index (Phi) is 6.72. The number of halogens is 3. The van der Waals surface area contributed by atoms with Gasteiger partial charge in [0.25, 0.3) is 0 Å². The van der Waals surface area contributed by atoms with Crippen molar-refractivity contribution in [3.63, 3.8) is 0 Å². The lowest BCUT2D eigenvalue weighted by Crippen LogP contribution is -2.19. The van der Waals surface area contributed by atoms with Gasteiger partial charge in [0, 0.05) is 35.8 Å². The lowest BCUT2D eigenvalue weighted by Gasteiger charge is -2.13. The molecule has 172 valence electrons. The number of carbonyl (C=O) groups excluding carboxylic acids is 1. The number of rotatable bonds is 7. The number of carbonyl (C=O) groups is 1. The summed E-state index contributed by atoms with van der Waals surface area (Å²) in [5, 5.41) is 7.06. The lowest BCUT2D eigenvalue weighted by atomic mass is 10.1. The molecule has 2 heterocycles. The van der Waals surface area contributed by atoms with Gasteiger partial charge in [-0.2, -0.15) is 5.10 Å². The van der Waals surface area contributed by atoms with Crippen LogP contribution in [0.15, 0.2) is 91.4 Å². The first-order valence-corrected chi connectivity index (χ1v) is 10.2. The van der Waals surface area contributed by atoms with Gasteiger partial charge in [0.05, 0.1) is 12.2 Å². The molecule has 0 spiro atoms. The highest BCUT2D eigenvalue weighted by molar-refractivity contribution is 6.03. The second kappa shape index (κ2) is 10.0. The van der Waals surface area contributed by atoms with Crippen molar-refractivity contribution < 1.29 is 22.7 Å². The second-order valence-corrected chi connectivity index (χ2v) is 7.22. The second-order valence-electron chi connectivity index (χ2n) is 7.22. The van der Waals surface area contributed by atoms with Crippen molar-refractivity contribution in [2.45, 2.75) is 12.9 Å². The van der Waals surface area contributed by atoms with Crippen LogP contribution in [0, 0.1) is 0 Å². The van der Waals surface area contributed by atoms with Gasteiger partial charge in [-0.3, -0.25) is 14.5 Å². The van der Waals surface area contributed by atoms with Gasteiger partial charge < -0.3 is 10.1 Å². The zero-order valence-corrected chi connectivity index (χ0v) is 17.7. The van der Waals surface area contributed by atoms with E-state index in [1.54, 1.807) is 35.4 Å². The molecule has 4 rings (SSSR count). The lowest BCUT2D eigenvalue weighted by molar-refractivity contribution is -0.274. The Morgan fingerprint density at radius 2 is 1.79 bits per heavy atom. The number of anilines is 1. The molecule has 0 saturated carbocycles. The minimum absolute atomic E-state index is 0.0956. The summed E-state index contributed by atoms with van der Waals surface area (Å²) in [5.41, 5.74) is 2.99. The Morgan fingerprint density at radius 1 is 1.03 bits per heavy atom. The number of hydrogen-bond acceptors (Lipinski definition) is 4. The van der Waals surface area contributed by atoms with Gasteiger partial charge in [-0.25, -0.2) is 0 Å². The molecule has 0 bridgehead atoms. The average molecular weight is 464 g/mol. The van der Waals surface area contributed by atoms with Crippen LogP contribution in [0.2, 0.25) is 0 Å². The number of alkyl halides is 3. The van der Waals surface area contributed by atoms with Crippen molar-refractivity contribution in [3.05, 3.63) is 103 Å². The number of amides is 1. The Labute approximate surface area is 193 Å². The summed E-state index contributed by atoms with van der Waals surface area (Å²) in [6.45, 7) is 0.524. The molecule has 1 N–H and O–H groups in total. The van der Waals surface area contributed by atoms with E-state index in [9.17, 15) is 18.0 Å². The summed E-state index contributed by atoms with van der Waals surface area (Å²) in [4.78, 5) is 16.6. The van der Waals surface area contributed by atoms with Crippen LogP contribution < -0.4 is 10.1 Å². The van der Waals surface area contributed by atoms with Crippen molar-refractivity contribution in [3.8, 4) is 17.0 Å². The summed E-state index contributed by atoms with van der Waals surface area (Å²) < 4.78 is 43.6. The number of benzene rings is 2. The zero-order chi connectivity index (χ0) is 24.0. The molecule has 0 atom stereocenters. The highest BCUT2D eigenvalue weighted by Crippen LogP contribution is 2.30. The first-order chi connectivity index (χ1) is 16.4. The van der Waals surface area contributed by atoms with Crippen molar-refractivity contribution in [2.75, 3.05) is 5.32 Å². The molecule has 0 radical (unpaired) electrons. The molecule has 1 amide bonds. The Hall–Kier alpha value is -4.40. The maximum absolute atomic E-state index is 12.6. The van der Waals surface area contributed by atoms with E-state index >= 15 is 0 Å². The number of nitrogens with zero attached hydrogens (tertiary/aromatic N) is 3. The smallest absolute Gasteiger partial charge is 0.404 e. The minimum Gasteiger partial charge on any atom is -0.404 e. The van der Waals surface area contributed by atoms with Crippen LogP contribution >= 0.6 is 0 Å². The van der Waals surface area contributed by atoms with E-state index in [-0.39, 0.29) is 5.69 Å². The van der Waals surface area contributed by atoms with Gasteiger partial charge >= 0.3 is 6.36 Å². The fraction of sp³-hybridized carbons (Fsp3) is 0.0800. The van der Waals surface area contributed by atoms with E-state index in [4.69, 9.17) is 0 Å². The Balaban J connectivity index is 1.57. The molecule has 34 heavy (non-hydrogen) atoms. The summed E-state index contributed by atoms with van der Waals surface area (Å²) in [6, 6.07) is 18.7. The van der Waals surface area contributed by atoms with Gasteiger partial charge in [-0.15, -0.1) is 13.2 Å². The standard InChI is InChI=1S/C25H19F3N4O2/c26-25(27,28)34-22-11-5-4-10-21(22)30-23(33)13-12-20-17-32(16-18-7-2-1-3-8-18)31-24(20)19-9-6-14-29-15-19/h1-15,17H,16H2,(H,30,33)/b13-12+. The Bertz CT molecular complexity index is 1290. The van der Waals surface area contributed by atoms with E-state index in [2.05, 4.69) is 20.1 Å². The van der Waals surface area contributed by atoms with E-state index in [1.165, 1.54) is 24.3 Å². The van der Waals surface area contributed by atoms with Gasteiger partial charge in [0.2, 0.25) is 5.91 Å². The summed E-state index contributed by atoms with van der Waals surface area (Å²) in [7, 11) is 0. The van der Waals surface area contributed by atoms with Crippen molar-refractivity contribution >= 4 is 17.7 Å². The molecular formula is C25H19F3N4O2. The van der Waals surface area contributed by atoms with Crippen LogP contribution in [-0.4, -0.2) is 27.0 Å². The first-order valence-electron chi connectivity index (χ1n) is 10.2. The third-order valence-corrected chi connectivity index (χ3v) is 4.70. The SMILES string of the molecule is O=C(/C=C/c1cn(Cc2ccccc2)nc1-c1cccnc1)Nc1ccccc1OC(F)(F)F. The molecular weight excluding hydrogens is 445 g/mol. The molecule has 0 saturated heterocycles. The maximum Gasteiger partial charge on any atom is 0.573 e. The molecule has 0 aliphatic rings. The summed E-state index contributed by atoms with van der Waals surface area (Å²) >= 11 is 0. The van der Waals surface area contributed by atoms with Crippen molar-refractivity contribution in [1.29, 1.82) is 0 Å². The minimum atomic E-state index is -4.87. The molecule has 4 aromatic rings. The summed E-state index contributed by atoms with van der Waals surface area (Å²) in [6.07, 6.45) is 3.02. The number of nitrogens with one attached hydrogen (secondary N) is 1. The first kappa shape index (κ1) is 22.8. The molecule has 0 aliphatic carbocycles. The molecule has 2 aromatic heterocycles. The van der Waals surface area contributed by atoms with Gasteiger partial charge in [-0.1, -0.05) is 42.5 Å². The average Bonchev–Trinajstić information content (AvgIpc) is 3.22. The van der Waals surface area contributed by atoms with E-state index < -0.39 is 18.0 Å². The van der Waals surface area contributed by atoms with Crippen LogP contribution in [0.5, 0.6) is 5.75 Å². The fourth-order valence-corrected chi connectivity index (χ4v) is 3.26. The van der Waals surface area contributed by atoms with E-state index in [0.717, 1.165) is 17.2 Å². The van der Waals surface area contributed by atoms with Gasteiger partial charge in [0.1, 0.15) is 5.69 Å². The number of ether oxygens (including phenoxy) is 1.